The zero-order valence-electron chi connectivity index (χ0n) is 10.7. The highest BCUT2D eigenvalue weighted by Crippen LogP contribution is 2.14. The number of hydrogen-bond donors (Lipinski definition) is 0. The molecule has 0 aliphatic carbocycles. The van der Waals surface area contributed by atoms with E-state index >= 15 is 0 Å². The van der Waals surface area contributed by atoms with Crippen molar-refractivity contribution in [1.29, 1.82) is 0 Å². The van der Waals surface area contributed by atoms with E-state index in [1.807, 2.05) is 0 Å². The van der Waals surface area contributed by atoms with Crippen LogP contribution in [0.3, 0.4) is 0 Å². The number of ether oxygens (including phenoxy) is 1. The molecule has 17 heavy (non-hydrogen) atoms. The van der Waals surface area contributed by atoms with Gasteiger partial charge in [0, 0.05) is 24.5 Å². The summed E-state index contributed by atoms with van der Waals surface area (Å²) in [6.07, 6.45) is 0.174. The molecule has 1 aliphatic rings. The fourth-order valence-electron chi connectivity index (χ4n) is 1.76. The number of sulfone groups is 1. The monoisotopic (exact) mass is 327 g/mol. The van der Waals surface area contributed by atoms with Crippen LogP contribution in [0, 0.1) is 0 Å². The average molecular weight is 328 g/mol. The van der Waals surface area contributed by atoms with Crippen molar-refractivity contribution in [3.63, 3.8) is 0 Å². The van der Waals surface area contributed by atoms with Crippen LogP contribution in [-0.2, 0) is 14.6 Å². The first-order chi connectivity index (χ1) is 7.86. The van der Waals surface area contributed by atoms with Gasteiger partial charge in [-0.25, -0.2) is 8.42 Å². The smallest absolute Gasteiger partial charge is 0.153 e. The average Bonchev–Trinajstić information content (AvgIpc) is 2.28. The summed E-state index contributed by atoms with van der Waals surface area (Å²) in [4.78, 5) is 2.20. The minimum atomic E-state index is -2.94. The molecule has 6 heteroatoms. The molecule has 0 radical (unpaired) electrons. The van der Waals surface area contributed by atoms with Crippen molar-refractivity contribution in [1.82, 2.24) is 4.90 Å². The largest absolute Gasteiger partial charge is 0.374 e. The van der Waals surface area contributed by atoms with Crippen LogP contribution >= 0.6 is 15.9 Å². The molecule has 1 heterocycles. The first-order valence-electron chi connectivity index (χ1n) is 6.00. The maximum atomic E-state index is 11.8. The van der Waals surface area contributed by atoms with Gasteiger partial charge in [-0.3, -0.25) is 4.90 Å². The van der Waals surface area contributed by atoms with Crippen LogP contribution < -0.4 is 0 Å². The highest BCUT2D eigenvalue weighted by Gasteiger charge is 2.27. The minimum Gasteiger partial charge on any atom is -0.374 e. The van der Waals surface area contributed by atoms with Gasteiger partial charge in [0.1, 0.15) is 0 Å². The lowest BCUT2D eigenvalue weighted by molar-refractivity contribution is -0.0441. The van der Waals surface area contributed by atoms with E-state index in [1.54, 1.807) is 13.8 Å². The Balaban J connectivity index is 2.50. The van der Waals surface area contributed by atoms with Gasteiger partial charge in [-0.15, -0.1) is 0 Å². The quantitative estimate of drug-likeness (QED) is 0.714. The third kappa shape index (κ3) is 4.50. The van der Waals surface area contributed by atoms with Crippen molar-refractivity contribution >= 4 is 25.8 Å². The zero-order valence-corrected chi connectivity index (χ0v) is 13.1. The zero-order chi connectivity index (χ0) is 13.1. The molecule has 0 amide bonds. The Labute approximate surface area is 113 Å². The Morgan fingerprint density at radius 3 is 2.65 bits per heavy atom. The normalized spacial score (nSPS) is 27.6. The van der Waals surface area contributed by atoms with E-state index in [4.69, 9.17) is 4.74 Å². The minimum absolute atomic E-state index is 0.174. The number of hydrogen-bond acceptors (Lipinski definition) is 4. The van der Waals surface area contributed by atoms with Gasteiger partial charge in [-0.1, -0.05) is 15.9 Å². The Bertz CT molecular complexity index is 332. The van der Waals surface area contributed by atoms with Crippen LogP contribution in [-0.4, -0.2) is 61.5 Å². The van der Waals surface area contributed by atoms with Gasteiger partial charge in [0.25, 0.3) is 0 Å². The molecular weight excluding hydrogens is 306 g/mol. The molecule has 4 nitrogen and oxygen atoms in total. The SMILES string of the molecule is CC1COC(CBr)CN1CCS(=O)(=O)C(C)C. The third-order valence-electron chi connectivity index (χ3n) is 3.19. The number of alkyl halides is 1. The molecule has 2 unspecified atom stereocenters. The summed E-state index contributed by atoms with van der Waals surface area (Å²) in [7, 11) is -2.94. The Morgan fingerprint density at radius 1 is 1.47 bits per heavy atom. The first kappa shape index (κ1) is 15.4. The maximum absolute atomic E-state index is 11.8. The summed E-state index contributed by atoms with van der Waals surface area (Å²) in [6, 6.07) is 0.299. The molecule has 102 valence electrons. The van der Waals surface area contributed by atoms with Crippen molar-refractivity contribution in [3.05, 3.63) is 0 Å². The molecule has 0 bridgehead atoms. The van der Waals surface area contributed by atoms with Gasteiger partial charge in [0.15, 0.2) is 9.84 Å². The standard InChI is InChI=1S/C11H22BrNO3S/c1-9(2)17(14,15)5-4-13-7-11(6-12)16-8-10(13)3/h9-11H,4-8H2,1-3H3. The van der Waals surface area contributed by atoms with Crippen LogP contribution in [0.15, 0.2) is 0 Å². The number of nitrogens with zero attached hydrogens (tertiary/aromatic N) is 1. The molecule has 1 rings (SSSR count). The van der Waals surface area contributed by atoms with E-state index in [1.165, 1.54) is 0 Å². The van der Waals surface area contributed by atoms with Gasteiger partial charge in [0.05, 0.1) is 23.7 Å². The molecule has 0 aromatic rings. The lowest BCUT2D eigenvalue weighted by Gasteiger charge is -2.37. The fourth-order valence-corrected chi connectivity index (χ4v) is 3.11. The predicted octanol–water partition coefficient (Wildman–Crippen LogP) is 1.29. The Kier molecular flexibility index (Phi) is 5.89. The summed E-state index contributed by atoms with van der Waals surface area (Å²) in [5.41, 5.74) is 0. The number of halogens is 1. The maximum Gasteiger partial charge on any atom is 0.153 e. The summed E-state index contributed by atoms with van der Waals surface area (Å²) < 4.78 is 29.1. The van der Waals surface area contributed by atoms with Gasteiger partial charge in [0.2, 0.25) is 0 Å². The van der Waals surface area contributed by atoms with Crippen molar-refractivity contribution in [2.75, 3.05) is 30.8 Å². The fraction of sp³-hybridized carbons (Fsp3) is 1.00. The van der Waals surface area contributed by atoms with Crippen molar-refractivity contribution in [3.8, 4) is 0 Å². The number of morpholine rings is 1. The molecule has 0 aromatic carbocycles. The second kappa shape index (κ2) is 6.50. The summed E-state index contributed by atoms with van der Waals surface area (Å²) >= 11 is 3.40. The molecular formula is C11H22BrNO3S. The van der Waals surface area contributed by atoms with Gasteiger partial charge in [-0.05, 0) is 20.8 Å². The van der Waals surface area contributed by atoms with E-state index in [0.29, 0.717) is 19.2 Å². The number of rotatable bonds is 5. The van der Waals surface area contributed by atoms with E-state index in [2.05, 4.69) is 27.8 Å². The van der Waals surface area contributed by atoms with Gasteiger partial charge >= 0.3 is 0 Å². The summed E-state index contributed by atoms with van der Waals surface area (Å²) in [5, 5.41) is 0.512. The summed E-state index contributed by atoms with van der Waals surface area (Å²) in [5.74, 6) is 0.240. The van der Waals surface area contributed by atoms with Gasteiger partial charge in [-0.2, -0.15) is 0 Å². The molecule has 0 spiro atoms. The third-order valence-corrected chi connectivity index (χ3v) is 6.10. The molecule has 1 saturated heterocycles. The Hall–Kier alpha value is 0.350. The van der Waals surface area contributed by atoms with Crippen LogP contribution in [0.4, 0.5) is 0 Å². The van der Waals surface area contributed by atoms with Crippen LogP contribution in [0.1, 0.15) is 20.8 Å². The van der Waals surface area contributed by atoms with E-state index in [9.17, 15) is 8.42 Å². The van der Waals surface area contributed by atoms with E-state index < -0.39 is 9.84 Å². The van der Waals surface area contributed by atoms with Crippen molar-refractivity contribution in [2.45, 2.75) is 38.2 Å². The van der Waals surface area contributed by atoms with Crippen LogP contribution in [0.5, 0.6) is 0 Å². The molecule has 0 N–H and O–H groups in total. The van der Waals surface area contributed by atoms with E-state index in [-0.39, 0.29) is 17.1 Å². The van der Waals surface area contributed by atoms with E-state index in [0.717, 1.165) is 11.9 Å². The topological polar surface area (TPSA) is 46.6 Å². The molecule has 0 saturated carbocycles. The Morgan fingerprint density at radius 2 is 2.12 bits per heavy atom. The van der Waals surface area contributed by atoms with Crippen molar-refractivity contribution in [2.24, 2.45) is 0 Å². The first-order valence-corrected chi connectivity index (χ1v) is 8.83. The second-order valence-corrected chi connectivity index (χ2v) is 8.19. The second-order valence-electron chi connectivity index (χ2n) is 4.87. The van der Waals surface area contributed by atoms with Crippen LogP contribution in [0.25, 0.3) is 0 Å². The summed E-state index contributed by atoms with van der Waals surface area (Å²) in [6.45, 7) is 7.64. The lowest BCUT2D eigenvalue weighted by Crippen LogP contribution is -2.50. The predicted molar refractivity (Wildman–Crippen MR) is 73.5 cm³/mol. The molecule has 1 aliphatic heterocycles. The molecule has 2 atom stereocenters. The highest BCUT2D eigenvalue weighted by atomic mass is 79.9. The van der Waals surface area contributed by atoms with Crippen molar-refractivity contribution < 1.29 is 13.2 Å². The molecule has 0 aromatic heterocycles. The highest BCUT2D eigenvalue weighted by molar-refractivity contribution is 9.09. The molecule has 1 fully saturated rings. The van der Waals surface area contributed by atoms with Crippen LogP contribution in [0.2, 0.25) is 0 Å². The lowest BCUT2D eigenvalue weighted by atomic mass is 10.2. The van der Waals surface area contributed by atoms with Gasteiger partial charge < -0.3 is 4.74 Å².